The third-order valence-corrected chi connectivity index (χ3v) is 11.9. The molecule has 0 amide bonds. The Kier molecular flexibility index (Phi) is 21.9. The van der Waals surface area contributed by atoms with Crippen LogP contribution in [0.5, 0.6) is 0 Å². The van der Waals surface area contributed by atoms with Gasteiger partial charge in [0.2, 0.25) is 5.89 Å². The topological polar surface area (TPSA) is 233 Å². The van der Waals surface area contributed by atoms with Gasteiger partial charge in [0, 0.05) is 36.9 Å². The Labute approximate surface area is 409 Å². The molecule has 2 aliphatic rings. The maximum absolute atomic E-state index is 13.8. The molecule has 0 aliphatic carbocycles. The fraction of sp³-hybridized carbons (Fsp3) is 0.472. The largest absolute Gasteiger partial charge is 0.481 e. The Balaban J connectivity index is 1.62. The number of hydrogen-bond acceptors (Lipinski definition) is 16. The number of aliphatic carboxylic acids is 1. The minimum Gasteiger partial charge on any atom is -0.481 e. The predicted octanol–water partition coefficient (Wildman–Crippen LogP) is 8.84. The molecule has 17 nitrogen and oxygen atoms in total. The normalized spacial score (nSPS) is 24.5. The van der Waals surface area contributed by atoms with E-state index in [9.17, 15) is 28.8 Å². The van der Waals surface area contributed by atoms with Crippen molar-refractivity contribution in [3.8, 4) is 0 Å². The summed E-state index contributed by atoms with van der Waals surface area (Å²) < 4.78 is 45.2. The second-order valence-electron chi connectivity index (χ2n) is 17.8. The summed E-state index contributed by atoms with van der Waals surface area (Å²) in [5.41, 5.74) is -1.74. The van der Waals surface area contributed by atoms with E-state index in [1.165, 1.54) is 26.7 Å². The van der Waals surface area contributed by atoms with Crippen LogP contribution < -0.4 is 0 Å². The Morgan fingerprint density at radius 3 is 2.03 bits per heavy atom. The van der Waals surface area contributed by atoms with Crippen molar-refractivity contribution in [3.05, 3.63) is 127 Å². The van der Waals surface area contributed by atoms with Gasteiger partial charge in [0.15, 0.2) is 17.4 Å². The zero-order chi connectivity index (χ0) is 51.3. The fourth-order valence-corrected chi connectivity index (χ4v) is 7.36. The van der Waals surface area contributed by atoms with E-state index in [-0.39, 0.29) is 92.0 Å². The lowest BCUT2D eigenvalue weighted by Crippen LogP contribution is -2.44. The van der Waals surface area contributed by atoms with Crippen LogP contribution >= 0.6 is 0 Å². The van der Waals surface area contributed by atoms with Crippen LogP contribution in [0.15, 0.2) is 113 Å². The van der Waals surface area contributed by atoms with Crippen LogP contribution in [0.3, 0.4) is 0 Å². The van der Waals surface area contributed by atoms with Crippen molar-refractivity contribution in [1.82, 2.24) is 9.97 Å². The summed E-state index contributed by atoms with van der Waals surface area (Å²) in [6, 6.07) is 0. The first-order chi connectivity index (χ1) is 33.4. The van der Waals surface area contributed by atoms with Gasteiger partial charge in [0.1, 0.15) is 48.7 Å². The number of oxazole rings is 2. The number of carbonyl (C=O) groups is 6. The number of cyclic esters (lactones) is 1. The molecule has 378 valence electrons. The van der Waals surface area contributed by atoms with Gasteiger partial charge in [-0.25, -0.2) is 14.8 Å². The van der Waals surface area contributed by atoms with Crippen molar-refractivity contribution in [2.24, 2.45) is 16.7 Å². The highest BCUT2D eigenvalue weighted by Gasteiger charge is 2.42. The summed E-state index contributed by atoms with van der Waals surface area (Å²) in [4.78, 5) is 84.9. The smallest absolute Gasteiger partial charge is 0.360 e. The molecule has 70 heavy (non-hydrogen) atoms. The van der Waals surface area contributed by atoms with Crippen molar-refractivity contribution < 1.29 is 71.1 Å². The number of Topliss-reactive ketones (excluding diaryl/α,β-unsaturated/α-hetero) is 1. The first-order valence-corrected chi connectivity index (χ1v) is 23.2. The van der Waals surface area contributed by atoms with Gasteiger partial charge in [0.05, 0.1) is 45.3 Å². The van der Waals surface area contributed by atoms with E-state index in [1.54, 1.807) is 80.7 Å². The molecule has 4 heterocycles. The molecule has 1 fully saturated rings. The lowest BCUT2D eigenvalue weighted by Gasteiger charge is -2.38. The van der Waals surface area contributed by atoms with Gasteiger partial charge in [0.25, 0.3) is 0 Å². The van der Waals surface area contributed by atoms with E-state index in [4.69, 9.17) is 37.6 Å². The average Bonchev–Trinajstić information content (AvgIpc) is 3.62. The molecule has 1 saturated heterocycles. The number of methoxy groups -OCH3 is 2. The van der Waals surface area contributed by atoms with Gasteiger partial charge in [-0.05, 0) is 38.3 Å². The molecule has 4 rings (SSSR count). The number of carboxylic acid groups (broad SMARTS) is 1. The molecule has 0 saturated carbocycles. The predicted molar refractivity (Wildman–Crippen MR) is 257 cm³/mol. The Morgan fingerprint density at radius 1 is 0.729 bits per heavy atom. The van der Waals surface area contributed by atoms with E-state index in [1.807, 2.05) is 58.1 Å². The maximum atomic E-state index is 13.8. The number of ketones is 1. The highest BCUT2D eigenvalue weighted by molar-refractivity contribution is 5.94. The molecule has 2 aliphatic heterocycles. The first-order valence-electron chi connectivity index (χ1n) is 23.2. The van der Waals surface area contributed by atoms with Crippen molar-refractivity contribution >= 4 is 41.7 Å². The molecule has 7 atom stereocenters. The number of hydrogen-bond donors (Lipinski definition) is 1. The van der Waals surface area contributed by atoms with Crippen LogP contribution in [-0.2, 0) is 54.0 Å². The summed E-state index contributed by atoms with van der Waals surface area (Å²) in [5, 5.41) is 9.11. The number of rotatable bonds is 15. The molecule has 4 bridgehead atoms. The van der Waals surface area contributed by atoms with E-state index in [0.717, 1.165) is 0 Å². The molecular weight excluding hydrogens is 905 g/mol. The second kappa shape index (κ2) is 27.5. The van der Waals surface area contributed by atoms with Crippen LogP contribution in [0.2, 0.25) is 0 Å². The summed E-state index contributed by atoms with van der Waals surface area (Å²) in [7, 11) is 2.77. The molecule has 1 N–H and O–H groups in total. The number of allylic oxidation sites excluding steroid dienone is 9. The lowest BCUT2D eigenvalue weighted by atomic mass is 9.70. The standard InChI is InChI=1S/C53H66N2O15/c1-9-19-42(68-49(60)28-27-47(57)58)52(3,4)35-21-14-12-11-13-15-22-36(63-7)32-46-55-38(34-66-46)51(62)70-44(53(5,6)43(20-10-2)69-50(61)30-29-48(59)64-8)25-18-24-41-40(67-41)23-16-17-26-45-54-37(33-65-45)39(56)31-35/h9-20,22-24,26,33-36,40-44H,21,25,27-32H2,1-8H3,(H,57,58)/b13-11-,14-12-,19-9+,20-10+,22-15+,23-16+,24-18-,26-17-/t35?,36-,40-,41+,42-,43-,44-/m0/s1. The molecule has 0 radical (unpaired) electrons. The number of aromatic nitrogens is 2. The maximum Gasteiger partial charge on any atom is 0.360 e. The quantitative estimate of drug-likeness (QED) is 0.0759. The van der Waals surface area contributed by atoms with Gasteiger partial charge in [-0.2, -0.15) is 0 Å². The Bertz CT molecular complexity index is 2340. The lowest BCUT2D eigenvalue weighted by molar-refractivity contribution is -0.158. The number of nitrogens with zero attached hydrogens (tertiary/aromatic N) is 2. The van der Waals surface area contributed by atoms with Crippen LogP contribution in [0.25, 0.3) is 6.08 Å². The molecular formula is C53H66N2O15. The number of carbonyl (C=O) groups excluding carboxylic acids is 5. The molecule has 2 aromatic rings. The zero-order valence-corrected chi connectivity index (χ0v) is 41.1. The number of epoxide rings is 1. The molecule has 1 unspecified atom stereocenters. The fourth-order valence-electron chi connectivity index (χ4n) is 7.36. The van der Waals surface area contributed by atoms with Crippen LogP contribution in [0.4, 0.5) is 0 Å². The first kappa shape index (κ1) is 55.9. The van der Waals surface area contributed by atoms with Crippen molar-refractivity contribution in [2.75, 3.05) is 14.2 Å². The van der Waals surface area contributed by atoms with Gasteiger partial charge in [-0.1, -0.05) is 107 Å². The zero-order valence-electron chi connectivity index (χ0n) is 41.1. The Hall–Kier alpha value is -6.72. The molecule has 17 heteroatoms. The summed E-state index contributed by atoms with van der Waals surface area (Å²) in [6.07, 6.45) is 27.2. The highest BCUT2D eigenvalue weighted by atomic mass is 16.6. The van der Waals surface area contributed by atoms with E-state index >= 15 is 0 Å². The second-order valence-corrected chi connectivity index (χ2v) is 17.8. The summed E-state index contributed by atoms with van der Waals surface area (Å²) >= 11 is 0. The summed E-state index contributed by atoms with van der Waals surface area (Å²) in [5.74, 6) is -3.93. The number of carboxylic acids is 1. The van der Waals surface area contributed by atoms with E-state index in [2.05, 4.69) is 14.7 Å². The van der Waals surface area contributed by atoms with Crippen molar-refractivity contribution in [2.45, 2.75) is 130 Å². The summed E-state index contributed by atoms with van der Waals surface area (Å²) in [6.45, 7) is 11.0. The monoisotopic (exact) mass is 970 g/mol. The van der Waals surface area contributed by atoms with Gasteiger partial charge in [-0.3, -0.25) is 24.0 Å². The van der Waals surface area contributed by atoms with Crippen LogP contribution in [0, 0.1) is 16.7 Å². The molecule has 2 aromatic heterocycles. The van der Waals surface area contributed by atoms with E-state index in [0.29, 0.717) is 6.42 Å². The molecule has 0 aromatic carbocycles. The number of fused-ring (bicyclic) bond motifs is 5. The number of ether oxygens (including phenoxy) is 6. The third-order valence-electron chi connectivity index (χ3n) is 11.9. The van der Waals surface area contributed by atoms with Crippen molar-refractivity contribution in [1.29, 1.82) is 0 Å². The van der Waals surface area contributed by atoms with E-state index < -0.39 is 65.1 Å². The van der Waals surface area contributed by atoms with Crippen LogP contribution in [0.1, 0.15) is 119 Å². The average molecular weight is 971 g/mol. The van der Waals surface area contributed by atoms with Crippen LogP contribution in [-0.4, -0.2) is 102 Å². The third kappa shape index (κ3) is 17.7. The van der Waals surface area contributed by atoms with Gasteiger partial charge in [-0.15, -0.1) is 0 Å². The number of esters is 4. The minimum absolute atomic E-state index is 0.0293. The molecule has 0 spiro atoms. The SMILES string of the molecule is C/C=C/[C@H](OC(=O)CCC(=O)O)C(C)(C)C1C\C=C/C=C\C=C\[C@H](OC)Cc2nc(co2)C(=O)O[C@H](C(C)(C)[C@H](/C=C/C)OC(=O)CCC(=O)OC)C/C=C\[C@H]2O[C@H]2/C=C/C=C\c2nc(co2)C(=O)C1. The van der Waals surface area contributed by atoms with Gasteiger partial charge >= 0.3 is 29.8 Å². The van der Waals surface area contributed by atoms with Gasteiger partial charge < -0.3 is 42.4 Å². The Morgan fingerprint density at radius 2 is 1.36 bits per heavy atom. The minimum atomic E-state index is -1.11. The van der Waals surface area contributed by atoms with Crippen molar-refractivity contribution in [3.63, 3.8) is 0 Å². The highest BCUT2D eigenvalue weighted by Crippen LogP contribution is 2.40.